The third-order valence-electron chi connectivity index (χ3n) is 5.74. The Balaban J connectivity index is 1.66. The Bertz CT molecular complexity index is 1260. The molecule has 7 heteroatoms. The third-order valence-corrected chi connectivity index (χ3v) is 6.66. The number of hydrogen-bond donors (Lipinski definition) is 0. The Kier molecular flexibility index (Phi) is 7.45. The van der Waals surface area contributed by atoms with Crippen LogP contribution >= 0.6 is 11.3 Å². The number of ether oxygens (including phenoxy) is 4. The van der Waals surface area contributed by atoms with E-state index in [1.54, 1.807) is 13.3 Å². The number of nitrogens with zero attached hydrogens (tertiary/aromatic N) is 1. The molecule has 0 radical (unpaired) electrons. The molecule has 1 heterocycles. The summed E-state index contributed by atoms with van der Waals surface area (Å²) in [7, 11) is 2.95. The van der Waals surface area contributed by atoms with Crippen molar-refractivity contribution in [1.29, 1.82) is 0 Å². The van der Waals surface area contributed by atoms with E-state index in [9.17, 15) is 4.79 Å². The fourth-order valence-electron chi connectivity index (χ4n) is 3.89. The topological polar surface area (TPSA) is 66.9 Å². The molecule has 0 N–H and O–H groups in total. The predicted molar refractivity (Wildman–Crippen MR) is 132 cm³/mol. The molecule has 0 aliphatic carbocycles. The molecule has 1 atom stereocenters. The van der Waals surface area contributed by atoms with Gasteiger partial charge in [0.25, 0.3) is 0 Å². The van der Waals surface area contributed by atoms with Crippen LogP contribution in [-0.4, -0.2) is 31.8 Å². The number of methoxy groups -OCH3 is 2. The molecule has 0 saturated heterocycles. The summed E-state index contributed by atoms with van der Waals surface area (Å²) in [5.74, 6) is 0.811. The highest BCUT2D eigenvalue weighted by Crippen LogP contribution is 2.41. The fourth-order valence-corrected chi connectivity index (χ4v) is 4.78. The van der Waals surface area contributed by atoms with E-state index in [-0.39, 0.29) is 6.61 Å². The van der Waals surface area contributed by atoms with Gasteiger partial charge in [-0.2, -0.15) is 0 Å². The Morgan fingerprint density at radius 3 is 2.50 bits per heavy atom. The lowest BCUT2D eigenvalue weighted by Crippen LogP contribution is -2.33. The van der Waals surface area contributed by atoms with Gasteiger partial charge in [-0.25, -0.2) is 9.78 Å². The van der Waals surface area contributed by atoms with Crippen molar-refractivity contribution in [2.75, 3.05) is 20.8 Å². The number of carbonyl (C=O) groups is 1. The highest BCUT2D eigenvalue weighted by atomic mass is 32.1. The van der Waals surface area contributed by atoms with Crippen LogP contribution in [0.5, 0.6) is 11.5 Å². The largest absolute Gasteiger partial charge is 0.497 e. The smallest absolute Gasteiger partial charge is 0.331 e. The number of thiazole rings is 1. The molecule has 0 spiro atoms. The van der Waals surface area contributed by atoms with Crippen molar-refractivity contribution in [2.45, 2.75) is 25.6 Å². The number of benzene rings is 3. The molecule has 0 fully saturated rings. The molecule has 34 heavy (non-hydrogen) atoms. The van der Waals surface area contributed by atoms with Crippen LogP contribution < -0.4 is 9.47 Å². The Morgan fingerprint density at radius 2 is 1.79 bits per heavy atom. The maximum Gasteiger partial charge on any atom is 0.331 e. The van der Waals surface area contributed by atoms with Gasteiger partial charge in [-0.15, -0.1) is 11.3 Å². The van der Waals surface area contributed by atoms with Crippen LogP contribution in [0.4, 0.5) is 0 Å². The average Bonchev–Trinajstić information content (AvgIpc) is 3.43. The summed E-state index contributed by atoms with van der Waals surface area (Å²) >= 11 is 1.47. The van der Waals surface area contributed by atoms with Crippen molar-refractivity contribution >= 4 is 28.1 Å². The molecule has 1 unspecified atom stereocenters. The van der Waals surface area contributed by atoms with Crippen molar-refractivity contribution in [1.82, 2.24) is 4.98 Å². The number of hydrogen-bond acceptors (Lipinski definition) is 7. The lowest BCUT2D eigenvalue weighted by molar-refractivity contribution is -0.151. The molecule has 0 bridgehead atoms. The van der Waals surface area contributed by atoms with Crippen molar-refractivity contribution in [3.63, 3.8) is 0 Å². The molecular formula is C27H27NO5S. The minimum Gasteiger partial charge on any atom is -0.497 e. The zero-order valence-electron chi connectivity index (χ0n) is 19.4. The Hall–Kier alpha value is -3.42. The second-order valence-electron chi connectivity index (χ2n) is 7.75. The van der Waals surface area contributed by atoms with Crippen LogP contribution in [0, 0.1) is 0 Å². The zero-order chi connectivity index (χ0) is 24.0. The number of rotatable bonds is 10. The lowest BCUT2D eigenvalue weighted by atomic mass is 9.90. The Labute approximate surface area is 203 Å². The summed E-state index contributed by atoms with van der Waals surface area (Å²) in [5.41, 5.74) is 0.909. The van der Waals surface area contributed by atoms with Crippen LogP contribution in [0.15, 0.2) is 72.2 Å². The summed E-state index contributed by atoms with van der Waals surface area (Å²) in [6.45, 7) is 2.19. The van der Waals surface area contributed by atoms with Crippen LogP contribution in [-0.2, 0) is 26.5 Å². The maximum atomic E-state index is 11.9. The van der Waals surface area contributed by atoms with E-state index in [4.69, 9.17) is 18.9 Å². The minimum absolute atomic E-state index is 0.200. The van der Waals surface area contributed by atoms with E-state index in [0.29, 0.717) is 24.5 Å². The first kappa shape index (κ1) is 23.7. The fraction of sp³-hybridized carbons (Fsp3) is 0.259. The Morgan fingerprint density at radius 1 is 1.00 bits per heavy atom. The van der Waals surface area contributed by atoms with Gasteiger partial charge in [0, 0.05) is 17.6 Å². The molecule has 6 nitrogen and oxygen atoms in total. The number of esters is 1. The highest BCUT2D eigenvalue weighted by molar-refractivity contribution is 7.09. The first-order valence-electron chi connectivity index (χ1n) is 11.0. The zero-order valence-corrected chi connectivity index (χ0v) is 20.3. The van der Waals surface area contributed by atoms with Gasteiger partial charge in [0.05, 0.1) is 14.2 Å². The second kappa shape index (κ2) is 10.7. The quantitative estimate of drug-likeness (QED) is 0.272. The van der Waals surface area contributed by atoms with E-state index in [1.807, 2.05) is 42.6 Å². The van der Waals surface area contributed by atoms with E-state index < -0.39 is 11.6 Å². The van der Waals surface area contributed by atoms with Gasteiger partial charge in [-0.05, 0) is 46.5 Å². The monoisotopic (exact) mass is 477 g/mol. The standard InChI is InChI=1S/C27H27NO5S/c1-4-27(26-28-11-12-34-26,33-18-25(29)31-3)22-14-23(30-2)16-24(15-22)32-17-19-9-10-20-7-5-6-8-21(20)13-19/h5-16H,4,17-18H2,1-3H3. The predicted octanol–water partition coefficient (Wildman–Crippen LogP) is 5.73. The second-order valence-corrected chi connectivity index (χ2v) is 8.64. The maximum absolute atomic E-state index is 11.9. The van der Waals surface area contributed by atoms with Gasteiger partial charge < -0.3 is 18.9 Å². The normalized spacial score (nSPS) is 12.8. The van der Waals surface area contributed by atoms with E-state index in [2.05, 4.69) is 35.3 Å². The summed E-state index contributed by atoms with van der Waals surface area (Å²) in [5, 5.41) is 4.99. The van der Waals surface area contributed by atoms with Gasteiger partial charge >= 0.3 is 5.97 Å². The van der Waals surface area contributed by atoms with Crippen molar-refractivity contribution in [3.05, 3.63) is 88.4 Å². The SMILES string of the molecule is CCC(OCC(=O)OC)(c1cc(OC)cc(OCc2ccc3ccccc3c2)c1)c1nccs1. The first-order valence-corrected chi connectivity index (χ1v) is 11.9. The number of carbonyl (C=O) groups excluding carboxylic acids is 1. The van der Waals surface area contributed by atoms with Crippen molar-refractivity contribution < 1.29 is 23.7 Å². The number of fused-ring (bicyclic) bond motifs is 1. The van der Waals surface area contributed by atoms with Gasteiger partial charge in [-0.3, -0.25) is 0 Å². The molecule has 3 aromatic carbocycles. The molecule has 0 aliphatic heterocycles. The van der Waals surface area contributed by atoms with Gasteiger partial charge in [0.15, 0.2) is 0 Å². The first-order chi connectivity index (χ1) is 16.6. The van der Waals surface area contributed by atoms with E-state index in [0.717, 1.165) is 16.1 Å². The van der Waals surface area contributed by atoms with Crippen LogP contribution in [0.1, 0.15) is 29.5 Å². The summed E-state index contributed by atoms with van der Waals surface area (Å²) in [4.78, 5) is 16.4. The van der Waals surface area contributed by atoms with Crippen molar-refractivity contribution in [3.8, 4) is 11.5 Å². The molecule has 0 saturated carbocycles. The summed E-state index contributed by atoms with van der Waals surface area (Å²) in [6, 6.07) is 20.2. The van der Waals surface area contributed by atoms with Gasteiger partial charge in [0.2, 0.25) is 0 Å². The molecule has 4 rings (SSSR count). The van der Waals surface area contributed by atoms with Crippen LogP contribution in [0.25, 0.3) is 10.8 Å². The van der Waals surface area contributed by atoms with Gasteiger partial charge in [-0.1, -0.05) is 43.3 Å². The third kappa shape index (κ3) is 5.05. The highest BCUT2D eigenvalue weighted by Gasteiger charge is 2.38. The number of aromatic nitrogens is 1. The van der Waals surface area contributed by atoms with Gasteiger partial charge in [0.1, 0.15) is 35.3 Å². The molecule has 0 aliphatic rings. The molecule has 1 aromatic heterocycles. The van der Waals surface area contributed by atoms with E-state index >= 15 is 0 Å². The molecule has 0 amide bonds. The molecule has 4 aromatic rings. The lowest BCUT2D eigenvalue weighted by Gasteiger charge is -2.31. The van der Waals surface area contributed by atoms with Crippen LogP contribution in [0.2, 0.25) is 0 Å². The van der Waals surface area contributed by atoms with Crippen LogP contribution in [0.3, 0.4) is 0 Å². The minimum atomic E-state index is -0.946. The van der Waals surface area contributed by atoms with Crippen molar-refractivity contribution in [2.24, 2.45) is 0 Å². The summed E-state index contributed by atoms with van der Waals surface area (Å²) < 4.78 is 22.7. The average molecular weight is 478 g/mol. The molecular weight excluding hydrogens is 450 g/mol. The molecule has 176 valence electrons. The van der Waals surface area contributed by atoms with E-state index in [1.165, 1.54) is 29.2 Å². The summed E-state index contributed by atoms with van der Waals surface area (Å²) in [6.07, 6.45) is 2.28.